The maximum Gasteiger partial charge on any atom is 0.256 e. The van der Waals surface area contributed by atoms with Crippen LogP contribution >= 0.6 is 0 Å². The van der Waals surface area contributed by atoms with Gasteiger partial charge in [-0.15, -0.1) is 0 Å². The Hall–Kier alpha value is -1.58. The van der Waals surface area contributed by atoms with E-state index >= 15 is 0 Å². The van der Waals surface area contributed by atoms with Gasteiger partial charge in [0.15, 0.2) is 5.82 Å². The number of hydrogen-bond donors (Lipinski definition) is 1. The fourth-order valence-electron chi connectivity index (χ4n) is 0.799. The van der Waals surface area contributed by atoms with E-state index < -0.39 is 0 Å². The zero-order valence-corrected chi connectivity index (χ0v) is 5.11. The molecular formula is C6H5N3O. The van der Waals surface area contributed by atoms with Crippen LogP contribution in [-0.2, 0) is 0 Å². The molecule has 0 aliphatic carbocycles. The van der Waals surface area contributed by atoms with Gasteiger partial charge in [0.2, 0.25) is 0 Å². The normalized spacial score (nSPS) is 10.4. The molecule has 0 bridgehead atoms. The van der Waals surface area contributed by atoms with Gasteiger partial charge in [-0.2, -0.15) is 0 Å². The first-order chi connectivity index (χ1) is 4.86. The van der Waals surface area contributed by atoms with Crippen molar-refractivity contribution in [2.75, 3.05) is 5.73 Å². The van der Waals surface area contributed by atoms with Crippen molar-refractivity contribution in [3.05, 3.63) is 18.3 Å². The van der Waals surface area contributed by atoms with Gasteiger partial charge in [0.25, 0.3) is 5.89 Å². The third-order valence-corrected chi connectivity index (χ3v) is 1.23. The molecule has 2 aliphatic rings. The molecule has 2 rings (SSSR count). The zero-order chi connectivity index (χ0) is 6.97. The predicted molar refractivity (Wildman–Crippen MR) is 35.3 cm³/mol. The molecule has 2 N–H and O–H groups in total. The smallest absolute Gasteiger partial charge is 0.256 e. The molecule has 0 amide bonds. The Bertz CT molecular complexity index is 317. The molecule has 0 aromatic heterocycles. The third kappa shape index (κ3) is 0.621. The minimum atomic E-state index is 0.375. The second kappa shape index (κ2) is 1.70. The number of fused-ring (bicyclic) bond motifs is 1. The van der Waals surface area contributed by atoms with Crippen molar-refractivity contribution in [3.63, 3.8) is 0 Å². The molecule has 0 radical (unpaired) electrons. The van der Waals surface area contributed by atoms with Crippen LogP contribution in [0.4, 0.5) is 5.82 Å². The Balaban J connectivity index is 2.75. The summed E-state index contributed by atoms with van der Waals surface area (Å²) in [4.78, 5) is 3.88. The standard InChI is InChI=1S/C6H5N3O/c7-5-3-4-1-2-8-6(4)10-9-5/h1-3H,(H2,7,9). The van der Waals surface area contributed by atoms with E-state index in [1.54, 1.807) is 12.3 Å². The molecule has 0 saturated heterocycles. The highest BCUT2D eigenvalue weighted by atomic mass is 16.5. The summed E-state index contributed by atoms with van der Waals surface area (Å²) in [6.45, 7) is 0. The second-order valence-electron chi connectivity index (χ2n) is 1.96. The summed E-state index contributed by atoms with van der Waals surface area (Å²) in [7, 11) is 0. The molecule has 0 unspecified atom stereocenters. The molecular weight excluding hydrogens is 130 g/mol. The monoisotopic (exact) mass is 135 g/mol. The van der Waals surface area contributed by atoms with Crippen molar-refractivity contribution < 1.29 is 4.52 Å². The van der Waals surface area contributed by atoms with E-state index in [9.17, 15) is 0 Å². The van der Waals surface area contributed by atoms with Gasteiger partial charge >= 0.3 is 0 Å². The van der Waals surface area contributed by atoms with E-state index in [2.05, 4.69) is 10.1 Å². The molecule has 0 saturated carbocycles. The summed E-state index contributed by atoms with van der Waals surface area (Å²) in [5.74, 6) is 0.898. The molecule has 0 aromatic carbocycles. The summed E-state index contributed by atoms with van der Waals surface area (Å²) in [6.07, 6.45) is 1.65. The Morgan fingerprint density at radius 1 is 1.50 bits per heavy atom. The lowest BCUT2D eigenvalue weighted by Crippen LogP contribution is -1.89. The Morgan fingerprint density at radius 3 is 3.30 bits per heavy atom. The lowest BCUT2D eigenvalue weighted by Gasteiger charge is -1.93. The average molecular weight is 135 g/mol. The van der Waals surface area contributed by atoms with Gasteiger partial charge in [-0.3, -0.25) is 0 Å². The van der Waals surface area contributed by atoms with E-state index in [1.807, 2.05) is 6.07 Å². The molecule has 50 valence electrons. The fourth-order valence-corrected chi connectivity index (χ4v) is 0.799. The SMILES string of the molecule is Nc1cc2ccnc-2on1. The van der Waals surface area contributed by atoms with Crippen molar-refractivity contribution in [2.45, 2.75) is 0 Å². The van der Waals surface area contributed by atoms with E-state index in [0.29, 0.717) is 11.7 Å². The Labute approximate surface area is 57.0 Å². The highest BCUT2D eigenvalue weighted by molar-refractivity contribution is 5.57. The Kier molecular flexibility index (Phi) is 0.887. The van der Waals surface area contributed by atoms with Crippen molar-refractivity contribution in [2.24, 2.45) is 0 Å². The van der Waals surface area contributed by atoms with Crippen LogP contribution in [0.3, 0.4) is 0 Å². The van der Waals surface area contributed by atoms with Gasteiger partial charge in [0.1, 0.15) is 0 Å². The van der Waals surface area contributed by atoms with Crippen LogP contribution in [0.1, 0.15) is 0 Å². The van der Waals surface area contributed by atoms with Gasteiger partial charge in [0.05, 0.1) is 0 Å². The molecule has 0 atom stereocenters. The summed E-state index contributed by atoms with van der Waals surface area (Å²) in [5, 5.41) is 3.52. The average Bonchev–Trinajstić information content (AvgIpc) is 2.33. The van der Waals surface area contributed by atoms with Crippen LogP contribution < -0.4 is 5.73 Å². The molecule has 4 nitrogen and oxygen atoms in total. The highest BCUT2D eigenvalue weighted by Gasteiger charge is 2.05. The molecule has 0 spiro atoms. The predicted octanol–water partition coefficient (Wildman–Crippen LogP) is 0.757. The van der Waals surface area contributed by atoms with Crippen LogP contribution in [0.15, 0.2) is 22.9 Å². The minimum Gasteiger partial charge on any atom is -0.381 e. The van der Waals surface area contributed by atoms with E-state index in [1.165, 1.54) is 0 Å². The highest BCUT2D eigenvalue weighted by Crippen LogP contribution is 2.19. The molecule has 2 heterocycles. The lowest BCUT2D eigenvalue weighted by molar-refractivity contribution is 0.408. The number of nitrogens with two attached hydrogens (primary N) is 1. The molecule has 2 aliphatic heterocycles. The minimum absolute atomic E-state index is 0.375. The zero-order valence-electron chi connectivity index (χ0n) is 5.11. The summed E-state index contributed by atoms with van der Waals surface area (Å²) >= 11 is 0. The Morgan fingerprint density at radius 2 is 2.40 bits per heavy atom. The first kappa shape index (κ1) is 5.22. The first-order valence-electron chi connectivity index (χ1n) is 2.83. The first-order valence-corrected chi connectivity index (χ1v) is 2.83. The quantitative estimate of drug-likeness (QED) is 0.579. The maximum absolute atomic E-state index is 5.35. The number of nitrogens with zero attached hydrogens (tertiary/aromatic N) is 2. The van der Waals surface area contributed by atoms with Crippen LogP contribution in [0.2, 0.25) is 0 Å². The van der Waals surface area contributed by atoms with Crippen LogP contribution in [0, 0.1) is 0 Å². The van der Waals surface area contributed by atoms with Gasteiger partial charge in [-0.25, -0.2) is 4.98 Å². The van der Waals surface area contributed by atoms with Gasteiger partial charge < -0.3 is 10.3 Å². The number of nitrogen functional groups attached to an aromatic ring is 1. The topological polar surface area (TPSA) is 64.9 Å². The van der Waals surface area contributed by atoms with Gasteiger partial charge in [-0.1, -0.05) is 5.16 Å². The van der Waals surface area contributed by atoms with Crippen molar-refractivity contribution in [1.82, 2.24) is 10.1 Å². The largest absolute Gasteiger partial charge is 0.381 e. The van der Waals surface area contributed by atoms with Crippen molar-refractivity contribution in [3.8, 4) is 11.5 Å². The van der Waals surface area contributed by atoms with Gasteiger partial charge in [-0.05, 0) is 12.1 Å². The summed E-state index contributed by atoms with van der Waals surface area (Å²) < 4.78 is 4.80. The van der Waals surface area contributed by atoms with Crippen molar-refractivity contribution in [1.29, 1.82) is 0 Å². The summed E-state index contributed by atoms with van der Waals surface area (Å²) in [5.41, 5.74) is 6.23. The van der Waals surface area contributed by atoms with Crippen LogP contribution in [-0.4, -0.2) is 10.1 Å². The van der Waals surface area contributed by atoms with E-state index in [0.717, 1.165) is 5.56 Å². The molecule has 4 heteroatoms. The molecule has 0 fully saturated rings. The van der Waals surface area contributed by atoms with Crippen LogP contribution in [0.5, 0.6) is 0 Å². The molecule has 0 aromatic rings. The second-order valence-corrected chi connectivity index (χ2v) is 1.96. The number of rotatable bonds is 0. The van der Waals surface area contributed by atoms with Crippen LogP contribution in [0.25, 0.3) is 11.5 Å². The number of aromatic nitrogens is 2. The maximum atomic E-state index is 5.35. The molecule has 10 heavy (non-hydrogen) atoms. The van der Waals surface area contributed by atoms with E-state index in [4.69, 9.17) is 10.3 Å². The number of hydrogen-bond acceptors (Lipinski definition) is 4. The fraction of sp³-hybridized carbons (Fsp3) is 0. The number of anilines is 1. The van der Waals surface area contributed by atoms with Gasteiger partial charge in [0, 0.05) is 11.8 Å². The van der Waals surface area contributed by atoms with Crippen molar-refractivity contribution >= 4 is 5.82 Å². The summed E-state index contributed by atoms with van der Waals surface area (Å²) in [6, 6.07) is 3.53. The lowest BCUT2D eigenvalue weighted by atomic mass is 10.3. The van der Waals surface area contributed by atoms with E-state index in [-0.39, 0.29) is 0 Å². The third-order valence-electron chi connectivity index (χ3n) is 1.23.